The number of Topliss-reactive ketones (excluding diaryl/α,β-unsaturated/α-hetero) is 1. The van der Waals surface area contributed by atoms with E-state index in [-0.39, 0.29) is 17.9 Å². The van der Waals surface area contributed by atoms with Crippen molar-refractivity contribution < 1.29 is 23.9 Å². The molecule has 4 aliphatic carbocycles. The zero-order chi connectivity index (χ0) is 26.5. The summed E-state index contributed by atoms with van der Waals surface area (Å²) in [6.07, 6.45) is 10.6. The van der Waals surface area contributed by atoms with E-state index >= 15 is 0 Å². The summed E-state index contributed by atoms with van der Waals surface area (Å²) in [5, 5.41) is 0. The van der Waals surface area contributed by atoms with Crippen molar-refractivity contribution in [3.8, 4) is 0 Å². The monoisotopic (exact) mass is 502 g/mol. The van der Waals surface area contributed by atoms with Crippen molar-refractivity contribution in [2.45, 2.75) is 131 Å². The van der Waals surface area contributed by atoms with Gasteiger partial charge in [-0.05, 0) is 79.4 Å². The quantitative estimate of drug-likeness (QED) is 0.354. The topological polar surface area (TPSA) is 69.7 Å². The first-order chi connectivity index (χ1) is 16.8. The van der Waals surface area contributed by atoms with Gasteiger partial charge in [-0.25, -0.2) is 0 Å². The number of fused-ring (bicyclic) bond motifs is 5. The minimum atomic E-state index is -1.17. The van der Waals surface area contributed by atoms with Gasteiger partial charge in [0.2, 0.25) is 0 Å². The van der Waals surface area contributed by atoms with Crippen molar-refractivity contribution in [2.24, 2.45) is 46.3 Å². The van der Waals surface area contributed by atoms with Crippen LogP contribution < -0.4 is 0 Å². The summed E-state index contributed by atoms with van der Waals surface area (Å²) >= 11 is 0. The molecule has 0 aliphatic heterocycles. The highest BCUT2D eigenvalue weighted by molar-refractivity contribution is 5.92. The molecule has 0 heterocycles. The van der Waals surface area contributed by atoms with Gasteiger partial charge >= 0.3 is 11.9 Å². The fraction of sp³-hybridized carbons (Fsp3) is 0.903. The zero-order valence-corrected chi connectivity index (χ0v) is 23.9. The largest absolute Gasteiger partial charge is 0.462 e. The summed E-state index contributed by atoms with van der Waals surface area (Å²) in [5.41, 5.74) is -1.28. The van der Waals surface area contributed by atoms with E-state index in [1.165, 1.54) is 52.4 Å². The van der Waals surface area contributed by atoms with Crippen LogP contribution in [0.5, 0.6) is 0 Å². The Morgan fingerprint density at radius 1 is 0.944 bits per heavy atom. The van der Waals surface area contributed by atoms with Gasteiger partial charge in [0.25, 0.3) is 0 Å². The predicted molar refractivity (Wildman–Crippen MR) is 140 cm³/mol. The molecule has 4 aliphatic rings. The minimum absolute atomic E-state index is 0.0657. The fourth-order valence-electron chi connectivity index (χ4n) is 9.80. The number of esters is 2. The van der Waals surface area contributed by atoms with Crippen LogP contribution in [-0.2, 0) is 23.9 Å². The molecule has 0 saturated heterocycles. The van der Waals surface area contributed by atoms with Crippen molar-refractivity contribution in [1.29, 1.82) is 0 Å². The molecule has 0 aromatic carbocycles. The Balaban J connectivity index is 1.59. The lowest BCUT2D eigenvalue weighted by Gasteiger charge is -2.63. The highest BCUT2D eigenvalue weighted by Gasteiger charge is 2.70. The summed E-state index contributed by atoms with van der Waals surface area (Å²) in [4.78, 5) is 38.1. The first-order valence-corrected chi connectivity index (χ1v) is 14.7. The third-order valence-electron chi connectivity index (χ3n) is 11.4. The van der Waals surface area contributed by atoms with Gasteiger partial charge in [0.1, 0.15) is 6.10 Å². The number of rotatable bonds is 7. The fourth-order valence-corrected chi connectivity index (χ4v) is 9.80. The number of ketones is 1. The molecule has 4 saturated carbocycles. The van der Waals surface area contributed by atoms with Gasteiger partial charge in [-0.2, -0.15) is 0 Å². The first kappa shape index (κ1) is 27.6. The van der Waals surface area contributed by atoms with E-state index in [1.807, 2.05) is 0 Å². The average Bonchev–Trinajstić information content (AvgIpc) is 3.12. The van der Waals surface area contributed by atoms with Crippen LogP contribution in [-0.4, -0.2) is 29.4 Å². The van der Waals surface area contributed by atoms with Crippen LogP contribution in [0.3, 0.4) is 0 Å². The molecule has 5 heteroatoms. The molecule has 204 valence electrons. The minimum Gasteiger partial charge on any atom is -0.462 e. The Bertz CT molecular complexity index is 865. The van der Waals surface area contributed by atoms with Crippen LogP contribution in [0.4, 0.5) is 0 Å². The molecule has 0 amide bonds. The van der Waals surface area contributed by atoms with Gasteiger partial charge in [-0.3, -0.25) is 14.4 Å². The van der Waals surface area contributed by atoms with Crippen molar-refractivity contribution in [3.63, 3.8) is 0 Å². The van der Waals surface area contributed by atoms with Crippen LogP contribution in [0.2, 0.25) is 0 Å². The van der Waals surface area contributed by atoms with Crippen LogP contribution in [0, 0.1) is 46.3 Å². The lowest BCUT2D eigenvalue weighted by atomic mass is 9.42. The number of carbonyl (C=O) groups is 3. The summed E-state index contributed by atoms with van der Waals surface area (Å²) in [5.74, 6) is 2.84. The Labute approximate surface area is 218 Å². The van der Waals surface area contributed by atoms with Crippen molar-refractivity contribution in [1.82, 2.24) is 0 Å². The van der Waals surface area contributed by atoms with Gasteiger partial charge in [-0.15, -0.1) is 0 Å². The number of ether oxygens (including phenoxy) is 2. The van der Waals surface area contributed by atoms with E-state index in [1.54, 1.807) is 0 Å². The third kappa shape index (κ3) is 4.55. The van der Waals surface area contributed by atoms with Gasteiger partial charge in [-0.1, -0.05) is 53.9 Å². The predicted octanol–water partition coefficient (Wildman–Crippen LogP) is 6.90. The standard InChI is InChI=1S/C31H50O5/c1-19(2)9-8-10-20(3)25-11-12-26-24-17-28(34)31(36-22(5)33)18-23(35-21(4)32)13-16-30(31,7)27(24)14-15-29(25,26)6/h19-20,23-27H,8-18H2,1-7H3/t20-,23+,24-,25-,26-,27-,29+,30-,31+/m1/s1. The van der Waals surface area contributed by atoms with Gasteiger partial charge in [0, 0.05) is 32.1 Å². The molecule has 9 atom stereocenters. The lowest BCUT2D eigenvalue weighted by molar-refractivity contribution is -0.230. The van der Waals surface area contributed by atoms with Crippen LogP contribution in [0.15, 0.2) is 0 Å². The molecule has 0 radical (unpaired) electrons. The molecule has 0 spiro atoms. The van der Waals surface area contributed by atoms with E-state index in [2.05, 4.69) is 34.6 Å². The van der Waals surface area contributed by atoms with E-state index in [9.17, 15) is 14.4 Å². The van der Waals surface area contributed by atoms with Crippen LogP contribution in [0.1, 0.15) is 119 Å². The molecule has 5 nitrogen and oxygen atoms in total. The summed E-state index contributed by atoms with van der Waals surface area (Å²) in [6.45, 7) is 14.7. The highest BCUT2D eigenvalue weighted by Crippen LogP contribution is 2.69. The molecule has 0 aromatic heterocycles. The Morgan fingerprint density at radius 2 is 1.67 bits per heavy atom. The van der Waals surface area contributed by atoms with Crippen LogP contribution >= 0.6 is 0 Å². The molecule has 0 unspecified atom stereocenters. The maximum Gasteiger partial charge on any atom is 0.303 e. The number of hydrogen-bond donors (Lipinski definition) is 0. The van der Waals surface area contributed by atoms with Gasteiger partial charge < -0.3 is 9.47 Å². The third-order valence-corrected chi connectivity index (χ3v) is 11.4. The van der Waals surface area contributed by atoms with E-state index in [4.69, 9.17) is 9.47 Å². The molecule has 0 N–H and O–H groups in total. The van der Waals surface area contributed by atoms with Gasteiger partial charge in [0.15, 0.2) is 11.4 Å². The lowest BCUT2D eigenvalue weighted by Crippen LogP contribution is -2.68. The summed E-state index contributed by atoms with van der Waals surface area (Å²) in [6, 6.07) is 0. The Kier molecular flexibility index (Phi) is 7.72. The smallest absolute Gasteiger partial charge is 0.303 e. The highest BCUT2D eigenvalue weighted by atomic mass is 16.6. The van der Waals surface area contributed by atoms with E-state index < -0.39 is 17.0 Å². The number of hydrogen-bond acceptors (Lipinski definition) is 5. The van der Waals surface area contributed by atoms with Crippen molar-refractivity contribution in [2.75, 3.05) is 0 Å². The Morgan fingerprint density at radius 3 is 2.31 bits per heavy atom. The maximum absolute atomic E-state index is 14.1. The SMILES string of the molecule is CC(=O)O[C@H]1CC[C@]2(C)[C@@H]3CC[C@]4(C)[C@H](CC[C@@H]4[C@H](C)CCCC(C)C)[C@H]3CC(=O)[C@@]2(OC(C)=O)C1. The molecular formula is C31H50O5. The van der Waals surface area contributed by atoms with E-state index in [0.717, 1.165) is 37.0 Å². The summed E-state index contributed by atoms with van der Waals surface area (Å²) < 4.78 is 11.6. The van der Waals surface area contributed by atoms with E-state index in [0.29, 0.717) is 36.0 Å². The molecule has 0 bridgehead atoms. The molecular weight excluding hydrogens is 452 g/mol. The first-order valence-electron chi connectivity index (χ1n) is 14.7. The van der Waals surface area contributed by atoms with Crippen LogP contribution in [0.25, 0.3) is 0 Å². The Hall–Kier alpha value is -1.39. The molecule has 0 aromatic rings. The second kappa shape index (κ2) is 10.1. The van der Waals surface area contributed by atoms with Crippen molar-refractivity contribution >= 4 is 17.7 Å². The molecule has 4 rings (SSSR count). The second-order valence-electron chi connectivity index (χ2n) is 13.8. The number of carbonyl (C=O) groups excluding carboxylic acids is 3. The zero-order valence-electron chi connectivity index (χ0n) is 23.9. The normalized spacial score (nSPS) is 42.8. The van der Waals surface area contributed by atoms with Gasteiger partial charge in [0.05, 0.1) is 0 Å². The molecule has 4 fully saturated rings. The second-order valence-corrected chi connectivity index (χ2v) is 13.8. The average molecular weight is 503 g/mol. The maximum atomic E-state index is 14.1. The summed E-state index contributed by atoms with van der Waals surface area (Å²) in [7, 11) is 0. The van der Waals surface area contributed by atoms with Crippen molar-refractivity contribution in [3.05, 3.63) is 0 Å². The molecule has 36 heavy (non-hydrogen) atoms.